The minimum absolute atomic E-state index is 0. The number of amides is 1. The maximum Gasteiger partial charge on any atom is 1.00 e. The zero-order valence-corrected chi connectivity index (χ0v) is 31.9. The largest absolute Gasteiger partial charge is 1.00 e. The number of rotatable bonds is 14. The predicted octanol–water partition coefficient (Wildman–Crippen LogP) is 0.359. The van der Waals surface area contributed by atoms with E-state index >= 15 is 0 Å². The Kier molecular flexibility index (Phi) is 12.5. The third-order valence-corrected chi connectivity index (χ3v) is 8.41. The number of tetrazole rings is 2. The van der Waals surface area contributed by atoms with Crippen LogP contribution in [0.15, 0.2) is 97.1 Å². The van der Waals surface area contributed by atoms with Crippen molar-refractivity contribution in [1.82, 2.24) is 40.4 Å². The van der Waals surface area contributed by atoms with Gasteiger partial charge in [-0.3, -0.25) is 4.79 Å². The van der Waals surface area contributed by atoms with Crippen LogP contribution in [-0.2, 0) is 4.79 Å². The summed E-state index contributed by atoms with van der Waals surface area (Å²) in [5.74, 6) is -1.07. The molecule has 0 fully saturated rings. The van der Waals surface area contributed by atoms with Crippen molar-refractivity contribution < 1.29 is 49.0 Å². The van der Waals surface area contributed by atoms with Crippen molar-refractivity contribution in [2.45, 2.75) is 6.04 Å². The van der Waals surface area contributed by atoms with Crippen LogP contribution in [0.25, 0.3) is 11.4 Å². The number of carbonyl (C=O) groups is 2. The van der Waals surface area contributed by atoms with E-state index in [2.05, 4.69) is 41.7 Å². The van der Waals surface area contributed by atoms with Crippen LogP contribution in [0, 0.1) is 9.54 Å². The second kappa shape index (κ2) is 17.2. The van der Waals surface area contributed by atoms with Crippen LogP contribution in [0.4, 0.5) is 22.7 Å². The molecule has 1 amide bonds. The van der Waals surface area contributed by atoms with Gasteiger partial charge in [-0.25, -0.2) is 9.36 Å². The molecule has 4 aromatic carbocycles. The van der Waals surface area contributed by atoms with Gasteiger partial charge in [-0.05, 0) is 91.2 Å². The number of hydrogen-bond donors (Lipinski definition) is 4. The van der Waals surface area contributed by atoms with Gasteiger partial charge in [-0.1, -0.05) is 44.9 Å². The number of carboxylic acid groups (broad SMARTS) is 1. The maximum absolute atomic E-state index is 13.2. The number of aromatic nitrogens is 8. The van der Waals surface area contributed by atoms with E-state index in [9.17, 15) is 14.7 Å². The molecule has 2 heterocycles. The first-order chi connectivity index (χ1) is 24.7. The van der Waals surface area contributed by atoms with Crippen molar-refractivity contribution in [2.75, 3.05) is 47.8 Å². The van der Waals surface area contributed by atoms with E-state index in [1.807, 2.05) is 48.5 Å². The number of benzene rings is 4. The molecule has 260 valence electrons. The van der Waals surface area contributed by atoms with Crippen LogP contribution in [0.1, 0.15) is 10.4 Å². The summed E-state index contributed by atoms with van der Waals surface area (Å²) in [6.07, 6.45) is 0. The quantitative estimate of drug-likeness (QED) is 0.0680. The standard InChI is InChI=1S/C33H32N12O4S2.Na/c1-42(24-10-6-14-28(18-24)49-20-34-22-8-4-12-26(16-22)44-32(50)36-38-40-44)19-29(31(47)48)43(2)25-11-3-7-21(15-25)30(46)35-23-9-5-13-27(17-23)45-33(51)37-39-41-45;/h3-18,29,34H,19-20H2,1-2H3,(H,35,46)(H,47,48)(H,36,40,50)(H,37,41,51);/q;+1/p-1. The van der Waals surface area contributed by atoms with Gasteiger partial charge in [0.2, 0.25) is 9.54 Å². The van der Waals surface area contributed by atoms with Gasteiger partial charge in [0, 0.05) is 55.0 Å². The van der Waals surface area contributed by atoms with Crippen LogP contribution in [0.3, 0.4) is 0 Å². The molecule has 6 aromatic rings. The summed E-state index contributed by atoms with van der Waals surface area (Å²) in [5, 5.41) is 38.9. The van der Waals surface area contributed by atoms with E-state index in [1.54, 1.807) is 77.1 Å². The van der Waals surface area contributed by atoms with Gasteiger partial charge < -0.3 is 35.1 Å². The summed E-state index contributed by atoms with van der Waals surface area (Å²) in [6.45, 7) is 0.242. The van der Waals surface area contributed by atoms with Gasteiger partial charge in [-0.2, -0.15) is 10.4 Å². The molecule has 1 atom stereocenters. The van der Waals surface area contributed by atoms with Crippen LogP contribution >= 0.6 is 24.4 Å². The first-order valence-corrected chi connectivity index (χ1v) is 16.2. The molecule has 0 aliphatic rings. The molecular formula is C33H31N12NaO4S2. The Morgan fingerprint density at radius 2 is 1.42 bits per heavy atom. The van der Waals surface area contributed by atoms with E-state index < -0.39 is 12.0 Å². The first kappa shape index (κ1) is 37.8. The van der Waals surface area contributed by atoms with Crippen LogP contribution in [0.5, 0.6) is 5.75 Å². The van der Waals surface area contributed by atoms with Crippen molar-refractivity contribution in [3.05, 3.63) is 112 Å². The summed E-state index contributed by atoms with van der Waals surface area (Å²) < 4.78 is 9.57. The van der Waals surface area contributed by atoms with Crippen molar-refractivity contribution in [2.24, 2.45) is 0 Å². The number of carboxylic acids is 1. The molecule has 4 N–H and O–H groups in total. The van der Waals surface area contributed by atoms with Gasteiger partial charge in [0.15, 0.2) is 6.73 Å². The Morgan fingerprint density at radius 1 is 0.827 bits per heavy atom. The van der Waals surface area contributed by atoms with Gasteiger partial charge in [0.05, 0.1) is 23.4 Å². The van der Waals surface area contributed by atoms with Crippen LogP contribution in [0.2, 0.25) is 0 Å². The fourth-order valence-corrected chi connectivity index (χ4v) is 5.57. The van der Waals surface area contributed by atoms with E-state index in [0.29, 0.717) is 33.1 Å². The maximum atomic E-state index is 13.2. The molecule has 0 bridgehead atoms. The monoisotopic (exact) mass is 746 g/mol. The van der Waals surface area contributed by atoms with E-state index in [0.717, 1.165) is 17.1 Å². The Bertz CT molecular complexity index is 2290. The molecule has 0 aliphatic heterocycles. The fraction of sp³-hybridized carbons (Fsp3) is 0.152. The Balaban J connectivity index is 0.00000523. The molecule has 6 rings (SSSR count). The second-order valence-corrected chi connectivity index (χ2v) is 12.0. The summed E-state index contributed by atoms with van der Waals surface area (Å²) in [4.78, 5) is 29.0. The molecule has 2 aromatic heterocycles. The SMILES string of the molecule is CN(CC(C(=O)[O-])N(C)c1cccc(C(=O)Nc2cccc(-n3[nH]nnc3=S)c2)c1)c1cccc(OCNc2cccc(-n3[nH]nnc3=S)c2)c1.[Na+]. The third-order valence-electron chi connectivity index (χ3n) is 7.89. The fourth-order valence-electron chi connectivity index (χ4n) is 5.19. The van der Waals surface area contributed by atoms with Crippen LogP contribution < -0.4 is 59.8 Å². The number of aliphatic carboxylic acids is 1. The average Bonchev–Trinajstić information content (AvgIpc) is 3.78. The van der Waals surface area contributed by atoms with Crippen molar-refractivity contribution >= 4 is 59.1 Å². The molecule has 1 unspecified atom stereocenters. The number of ether oxygens (including phenoxy) is 1. The molecule has 0 radical (unpaired) electrons. The normalized spacial score (nSPS) is 11.2. The second-order valence-electron chi connectivity index (χ2n) is 11.2. The number of aromatic amines is 2. The number of hydrogen-bond acceptors (Lipinski definition) is 13. The summed E-state index contributed by atoms with van der Waals surface area (Å²) in [5.41, 5.74) is 4.31. The van der Waals surface area contributed by atoms with Crippen molar-refractivity contribution in [1.29, 1.82) is 0 Å². The average molecular weight is 747 g/mol. The van der Waals surface area contributed by atoms with Gasteiger partial charge in [0.25, 0.3) is 5.91 Å². The molecule has 0 saturated carbocycles. The number of likely N-dealkylation sites (N-methyl/N-ethyl adjacent to an activating group) is 2. The minimum atomic E-state index is -1.27. The van der Waals surface area contributed by atoms with Gasteiger partial charge in [0.1, 0.15) is 5.75 Å². The number of H-pyrrole nitrogens is 2. The first-order valence-electron chi connectivity index (χ1n) is 15.4. The molecule has 19 heteroatoms. The Labute approximate surface area is 329 Å². The number of nitrogens with one attached hydrogen (secondary N) is 4. The molecule has 52 heavy (non-hydrogen) atoms. The molecule has 0 aliphatic carbocycles. The molecule has 0 saturated heterocycles. The number of nitrogens with zero attached hydrogens (tertiary/aromatic N) is 8. The Hall–Kier alpha value is -5.40. The van der Waals surface area contributed by atoms with Crippen LogP contribution in [-0.4, -0.2) is 85.7 Å². The summed E-state index contributed by atoms with van der Waals surface area (Å²) >= 11 is 10.3. The summed E-state index contributed by atoms with van der Waals surface area (Å²) in [6, 6.07) is 27.5. The predicted molar refractivity (Wildman–Crippen MR) is 194 cm³/mol. The topological polar surface area (TPSA) is 190 Å². The Morgan fingerprint density at radius 3 is 2.06 bits per heavy atom. The summed E-state index contributed by atoms with van der Waals surface area (Å²) in [7, 11) is 3.43. The third kappa shape index (κ3) is 9.09. The molecule has 0 spiro atoms. The zero-order valence-electron chi connectivity index (χ0n) is 28.3. The zero-order chi connectivity index (χ0) is 35.9. The number of anilines is 4. The minimum Gasteiger partial charge on any atom is -0.548 e. The van der Waals surface area contributed by atoms with E-state index in [4.69, 9.17) is 29.2 Å². The van der Waals surface area contributed by atoms with Gasteiger partial charge in [-0.15, -0.1) is 0 Å². The van der Waals surface area contributed by atoms with Crippen molar-refractivity contribution in [3.63, 3.8) is 0 Å². The van der Waals surface area contributed by atoms with Crippen molar-refractivity contribution in [3.8, 4) is 17.1 Å². The molecule has 16 nitrogen and oxygen atoms in total. The smallest absolute Gasteiger partial charge is 0.548 e. The van der Waals surface area contributed by atoms with E-state index in [1.165, 1.54) is 4.68 Å². The van der Waals surface area contributed by atoms with E-state index in [-0.39, 0.29) is 53.5 Å². The number of carbonyl (C=O) groups excluding carboxylic acids is 2. The molecular weight excluding hydrogens is 716 g/mol. The van der Waals surface area contributed by atoms with Gasteiger partial charge >= 0.3 is 29.6 Å².